The van der Waals surface area contributed by atoms with E-state index >= 15 is 0 Å². The van der Waals surface area contributed by atoms with Crippen LogP contribution in [-0.2, 0) is 5.41 Å². The number of benzene rings is 8. The van der Waals surface area contributed by atoms with E-state index in [1.807, 2.05) is 6.20 Å². The van der Waals surface area contributed by atoms with E-state index in [4.69, 9.17) is 14.4 Å². The molecule has 0 aliphatic carbocycles. The molecule has 0 radical (unpaired) electrons. The van der Waals surface area contributed by atoms with Crippen LogP contribution in [0.25, 0.3) is 49.9 Å². The maximum atomic E-state index is 7.21. The standard InChI is InChI=1S/C60H48BN5O2/c1-38-17-14-18-39(2)56(38)61-66-51-28-16-27-50-58(51)64(37-63(50)57-45(40-19-8-6-9-20-40)24-15-25-46(57)41-21-10-7-11-22-41)53-35-44(36-54(68-61)59(53)66)67-43-29-30-48-47-23-12-13-26-49(47)65(52(48)34-43)55-33-42(31-32-62-55)60(3,4)5/h6-36H,37H2,1-5H3. The van der Waals surface area contributed by atoms with Crippen LogP contribution in [0.4, 0.5) is 34.1 Å². The van der Waals surface area contributed by atoms with Crippen LogP contribution in [0.3, 0.4) is 0 Å². The van der Waals surface area contributed by atoms with Gasteiger partial charge in [-0.3, -0.25) is 4.57 Å². The number of para-hydroxylation sites is 3. The molecule has 10 aromatic rings. The van der Waals surface area contributed by atoms with Crippen molar-refractivity contribution in [2.45, 2.75) is 40.0 Å². The zero-order valence-electron chi connectivity index (χ0n) is 38.7. The van der Waals surface area contributed by atoms with Crippen LogP contribution < -0.4 is 29.5 Å². The van der Waals surface area contributed by atoms with Crippen LogP contribution in [-0.4, -0.2) is 23.3 Å². The van der Waals surface area contributed by atoms with Crippen molar-refractivity contribution in [1.29, 1.82) is 0 Å². The van der Waals surface area contributed by atoms with Gasteiger partial charge < -0.3 is 24.0 Å². The number of rotatable bonds is 7. The molecule has 0 bridgehead atoms. The molecule has 0 N–H and O–H groups in total. The van der Waals surface area contributed by atoms with Gasteiger partial charge in [-0.25, -0.2) is 4.98 Å². The molecule has 0 amide bonds. The highest BCUT2D eigenvalue weighted by Crippen LogP contribution is 2.63. The van der Waals surface area contributed by atoms with Crippen LogP contribution in [0.15, 0.2) is 188 Å². The highest BCUT2D eigenvalue weighted by atomic mass is 16.5. The first-order valence-electron chi connectivity index (χ1n) is 23.5. The molecule has 3 aliphatic heterocycles. The summed E-state index contributed by atoms with van der Waals surface area (Å²) in [5, 5.41) is 2.31. The van der Waals surface area contributed by atoms with Gasteiger partial charge in [-0.1, -0.05) is 153 Å². The Morgan fingerprint density at radius 2 is 1.19 bits per heavy atom. The van der Waals surface area contributed by atoms with E-state index in [0.717, 1.165) is 62.2 Å². The van der Waals surface area contributed by atoms with Crippen molar-refractivity contribution in [2.24, 2.45) is 0 Å². The molecule has 7 nitrogen and oxygen atoms in total. The number of fused-ring (bicyclic) bond motifs is 5. The molecule has 68 heavy (non-hydrogen) atoms. The maximum Gasteiger partial charge on any atom is 0.524 e. The number of nitrogens with zero attached hydrogens (tertiary/aromatic N) is 5. The quantitative estimate of drug-likeness (QED) is 0.149. The molecule has 328 valence electrons. The van der Waals surface area contributed by atoms with Gasteiger partial charge in [0.05, 0.1) is 45.2 Å². The monoisotopic (exact) mass is 881 g/mol. The van der Waals surface area contributed by atoms with Crippen molar-refractivity contribution in [3.8, 4) is 45.3 Å². The lowest BCUT2D eigenvalue weighted by Gasteiger charge is -2.36. The van der Waals surface area contributed by atoms with Gasteiger partial charge >= 0.3 is 7.05 Å². The third kappa shape index (κ3) is 6.17. The second-order valence-corrected chi connectivity index (χ2v) is 19.3. The summed E-state index contributed by atoms with van der Waals surface area (Å²) in [5.41, 5.74) is 18.2. The lowest BCUT2D eigenvalue weighted by molar-refractivity contribution is 0.480. The summed E-state index contributed by atoms with van der Waals surface area (Å²) in [7, 11) is -0.386. The van der Waals surface area contributed by atoms with Crippen LogP contribution >= 0.6 is 0 Å². The molecule has 2 aromatic heterocycles. The Morgan fingerprint density at radius 1 is 0.544 bits per heavy atom. The SMILES string of the molecule is Cc1cccc(C)c1B1Oc2cc(Oc3ccc4c5ccccc5n(-c5cc(C(C)(C)C)ccn5)c4c3)cc3c2N1c1cccc2c1N3CN2c1c(-c2ccccc2)cccc1-c1ccccc1. The van der Waals surface area contributed by atoms with Gasteiger partial charge in [-0.05, 0) is 83.9 Å². The van der Waals surface area contributed by atoms with E-state index in [0.29, 0.717) is 12.4 Å². The van der Waals surface area contributed by atoms with E-state index in [9.17, 15) is 0 Å². The third-order valence-corrected chi connectivity index (χ3v) is 14.1. The molecule has 0 unspecified atom stereocenters. The first-order chi connectivity index (χ1) is 33.2. The average molecular weight is 882 g/mol. The molecule has 0 saturated heterocycles. The Hall–Kier alpha value is -8.23. The zero-order chi connectivity index (χ0) is 45.8. The van der Waals surface area contributed by atoms with Gasteiger partial charge in [0.2, 0.25) is 0 Å². The minimum atomic E-state index is -0.386. The van der Waals surface area contributed by atoms with Crippen LogP contribution in [0.2, 0.25) is 0 Å². The Balaban J connectivity index is 0.986. The minimum absolute atomic E-state index is 0.0315. The predicted molar refractivity (Wildman–Crippen MR) is 281 cm³/mol. The molecule has 5 heterocycles. The van der Waals surface area contributed by atoms with Gasteiger partial charge in [0.15, 0.2) is 0 Å². The average Bonchev–Trinajstić information content (AvgIpc) is 4.04. The summed E-state index contributed by atoms with van der Waals surface area (Å²) in [5.74, 6) is 3.09. The van der Waals surface area contributed by atoms with Crippen molar-refractivity contribution in [3.63, 3.8) is 0 Å². The molecule has 8 aromatic carbocycles. The predicted octanol–water partition coefficient (Wildman–Crippen LogP) is 14.7. The smallest absolute Gasteiger partial charge is 0.524 e. The molecule has 8 heteroatoms. The lowest BCUT2D eigenvalue weighted by atomic mass is 9.67. The summed E-state index contributed by atoms with van der Waals surface area (Å²) < 4.78 is 16.5. The van der Waals surface area contributed by atoms with E-state index in [-0.39, 0.29) is 12.5 Å². The molecule has 0 fully saturated rings. The molecular weight excluding hydrogens is 834 g/mol. The largest absolute Gasteiger partial charge is 0.536 e. The van der Waals surface area contributed by atoms with Crippen LogP contribution in [0, 0.1) is 13.8 Å². The summed E-state index contributed by atoms with van der Waals surface area (Å²) in [6.07, 6.45) is 1.92. The first-order valence-corrected chi connectivity index (χ1v) is 23.5. The van der Waals surface area contributed by atoms with Crippen molar-refractivity contribution >= 4 is 68.4 Å². The highest BCUT2D eigenvalue weighted by molar-refractivity contribution is 6.76. The van der Waals surface area contributed by atoms with Crippen molar-refractivity contribution in [2.75, 3.05) is 21.3 Å². The van der Waals surface area contributed by atoms with E-state index in [1.165, 1.54) is 55.5 Å². The topological polar surface area (TPSA) is 46.0 Å². The van der Waals surface area contributed by atoms with Gasteiger partial charge in [-0.2, -0.15) is 0 Å². The fraction of sp³-hybridized carbons (Fsp3) is 0.117. The van der Waals surface area contributed by atoms with Crippen LogP contribution in [0.5, 0.6) is 17.2 Å². The Bertz CT molecular complexity index is 3580. The second kappa shape index (κ2) is 15.2. The zero-order valence-corrected chi connectivity index (χ0v) is 38.7. The van der Waals surface area contributed by atoms with Gasteiger partial charge in [-0.15, -0.1) is 0 Å². The normalized spacial score (nSPS) is 13.6. The number of aromatic nitrogens is 2. The minimum Gasteiger partial charge on any atom is -0.536 e. The Labute approximate surface area is 397 Å². The number of aryl methyl sites for hydroxylation is 2. The fourth-order valence-corrected chi connectivity index (χ4v) is 10.9. The number of ether oxygens (including phenoxy) is 1. The van der Waals surface area contributed by atoms with Gasteiger partial charge in [0.1, 0.15) is 29.7 Å². The summed E-state index contributed by atoms with van der Waals surface area (Å²) in [6, 6.07) is 65.1. The number of hydrogen-bond acceptors (Lipinski definition) is 6. The van der Waals surface area contributed by atoms with Crippen molar-refractivity contribution < 1.29 is 9.39 Å². The Kier molecular flexibility index (Phi) is 8.93. The summed E-state index contributed by atoms with van der Waals surface area (Å²) in [4.78, 5) is 12.3. The van der Waals surface area contributed by atoms with Gasteiger partial charge in [0.25, 0.3) is 0 Å². The molecule has 3 aliphatic rings. The van der Waals surface area contributed by atoms with Crippen LogP contribution in [0.1, 0.15) is 37.5 Å². The number of pyridine rings is 1. The van der Waals surface area contributed by atoms with E-state index < -0.39 is 0 Å². The van der Waals surface area contributed by atoms with Crippen molar-refractivity contribution in [1.82, 2.24) is 9.55 Å². The molecular formula is C60H48BN5O2. The third-order valence-electron chi connectivity index (χ3n) is 14.1. The van der Waals surface area contributed by atoms with E-state index in [2.05, 4.69) is 236 Å². The van der Waals surface area contributed by atoms with E-state index in [1.54, 1.807) is 0 Å². The second-order valence-electron chi connectivity index (χ2n) is 19.3. The molecule has 13 rings (SSSR count). The first kappa shape index (κ1) is 40.1. The maximum absolute atomic E-state index is 7.21. The summed E-state index contributed by atoms with van der Waals surface area (Å²) >= 11 is 0. The fourth-order valence-electron chi connectivity index (χ4n) is 10.9. The highest BCUT2D eigenvalue weighted by Gasteiger charge is 2.50. The number of hydrogen-bond donors (Lipinski definition) is 0. The molecule has 0 saturated carbocycles. The number of anilines is 6. The molecule has 0 atom stereocenters. The van der Waals surface area contributed by atoms with Crippen molar-refractivity contribution in [3.05, 3.63) is 205 Å². The Morgan fingerprint density at radius 3 is 1.93 bits per heavy atom. The van der Waals surface area contributed by atoms with Gasteiger partial charge in [0, 0.05) is 46.3 Å². The summed E-state index contributed by atoms with van der Waals surface area (Å²) in [6.45, 7) is 11.7. The lowest BCUT2D eigenvalue weighted by Crippen LogP contribution is -2.50. The molecule has 0 spiro atoms.